The number of rotatable bonds is 4. The molecule has 2 saturated carbocycles. The van der Waals surface area contributed by atoms with Crippen LogP contribution in [0.15, 0.2) is 24.3 Å². The fraction of sp³-hybridized carbons (Fsp3) is 0.562. The minimum absolute atomic E-state index is 0.00352. The zero-order valence-corrected chi connectivity index (χ0v) is 11.1. The summed E-state index contributed by atoms with van der Waals surface area (Å²) in [5, 5.41) is 6.68. The van der Waals surface area contributed by atoms with Crippen LogP contribution in [-0.2, 0) is 4.79 Å². The van der Waals surface area contributed by atoms with E-state index in [2.05, 4.69) is 22.8 Å². The molecular formula is C16H20N2O. The Kier molecular flexibility index (Phi) is 2.54. The summed E-state index contributed by atoms with van der Waals surface area (Å²) in [6, 6.07) is 8.62. The SMILES string of the molecule is O=C(NC(C1CC1)C1CC1)C1CNc2ccccc21. The fourth-order valence-corrected chi connectivity index (χ4v) is 3.31. The smallest absolute Gasteiger partial charge is 0.229 e. The molecule has 0 radical (unpaired) electrons. The summed E-state index contributed by atoms with van der Waals surface area (Å²) in [5.74, 6) is 1.75. The van der Waals surface area contributed by atoms with Crippen molar-refractivity contribution in [3.63, 3.8) is 0 Å². The number of hydrogen-bond acceptors (Lipinski definition) is 2. The molecule has 1 aromatic rings. The van der Waals surface area contributed by atoms with Gasteiger partial charge in [0.15, 0.2) is 0 Å². The van der Waals surface area contributed by atoms with Crippen LogP contribution in [0.2, 0.25) is 0 Å². The molecular weight excluding hydrogens is 236 g/mol. The second-order valence-electron chi connectivity index (χ2n) is 6.23. The second-order valence-corrected chi connectivity index (χ2v) is 6.23. The van der Waals surface area contributed by atoms with Crippen molar-refractivity contribution >= 4 is 11.6 Å². The minimum Gasteiger partial charge on any atom is -0.384 e. The lowest BCUT2D eigenvalue weighted by Crippen LogP contribution is -2.41. The Morgan fingerprint density at radius 1 is 1.16 bits per heavy atom. The van der Waals surface area contributed by atoms with Crippen LogP contribution in [0.4, 0.5) is 5.69 Å². The van der Waals surface area contributed by atoms with Gasteiger partial charge in [-0.05, 0) is 49.1 Å². The molecule has 2 N–H and O–H groups in total. The van der Waals surface area contributed by atoms with E-state index < -0.39 is 0 Å². The lowest BCUT2D eigenvalue weighted by Gasteiger charge is -2.20. The molecule has 3 heteroatoms. The zero-order chi connectivity index (χ0) is 12.8. The van der Waals surface area contributed by atoms with Crippen LogP contribution in [-0.4, -0.2) is 18.5 Å². The Hall–Kier alpha value is -1.51. The summed E-state index contributed by atoms with van der Waals surface area (Å²) in [7, 11) is 0. The van der Waals surface area contributed by atoms with Gasteiger partial charge in [-0.15, -0.1) is 0 Å². The molecule has 1 aliphatic heterocycles. The first-order valence-corrected chi connectivity index (χ1v) is 7.46. The van der Waals surface area contributed by atoms with Gasteiger partial charge in [0.2, 0.25) is 5.91 Å². The summed E-state index contributed by atoms with van der Waals surface area (Å²) in [6.45, 7) is 0.743. The molecule has 2 aliphatic carbocycles. The van der Waals surface area contributed by atoms with Crippen molar-refractivity contribution in [1.29, 1.82) is 0 Å². The Morgan fingerprint density at radius 2 is 1.84 bits per heavy atom. The number of fused-ring (bicyclic) bond motifs is 1. The lowest BCUT2D eigenvalue weighted by molar-refractivity contribution is -0.123. The van der Waals surface area contributed by atoms with Crippen molar-refractivity contribution in [2.45, 2.75) is 37.6 Å². The average Bonchev–Trinajstić information content (AvgIpc) is 3.32. The molecule has 19 heavy (non-hydrogen) atoms. The van der Waals surface area contributed by atoms with E-state index in [0.717, 1.165) is 29.6 Å². The molecule has 4 rings (SSSR count). The van der Waals surface area contributed by atoms with Crippen molar-refractivity contribution in [2.24, 2.45) is 11.8 Å². The normalized spacial score (nSPS) is 25.0. The highest BCUT2D eigenvalue weighted by Crippen LogP contribution is 2.45. The first-order valence-electron chi connectivity index (χ1n) is 7.46. The fourth-order valence-electron chi connectivity index (χ4n) is 3.31. The number of anilines is 1. The number of amides is 1. The molecule has 3 aliphatic rings. The van der Waals surface area contributed by atoms with E-state index >= 15 is 0 Å². The Labute approximate surface area is 113 Å². The van der Waals surface area contributed by atoms with Gasteiger partial charge < -0.3 is 10.6 Å². The number of para-hydroxylation sites is 1. The lowest BCUT2D eigenvalue weighted by atomic mass is 9.99. The molecule has 2 fully saturated rings. The molecule has 0 aromatic heterocycles. The van der Waals surface area contributed by atoms with Gasteiger partial charge in [-0.2, -0.15) is 0 Å². The van der Waals surface area contributed by atoms with Crippen molar-refractivity contribution in [1.82, 2.24) is 5.32 Å². The van der Waals surface area contributed by atoms with E-state index in [1.807, 2.05) is 12.1 Å². The van der Waals surface area contributed by atoms with Gasteiger partial charge in [0.25, 0.3) is 0 Å². The first kappa shape index (κ1) is 11.3. The molecule has 1 atom stereocenters. The molecule has 0 spiro atoms. The molecule has 0 bridgehead atoms. The van der Waals surface area contributed by atoms with E-state index in [4.69, 9.17) is 0 Å². The Morgan fingerprint density at radius 3 is 2.53 bits per heavy atom. The van der Waals surface area contributed by atoms with Crippen LogP contribution in [0.5, 0.6) is 0 Å². The highest BCUT2D eigenvalue weighted by molar-refractivity contribution is 5.88. The summed E-state index contributed by atoms with van der Waals surface area (Å²) >= 11 is 0. The van der Waals surface area contributed by atoms with Gasteiger partial charge in [0.1, 0.15) is 0 Å². The second kappa shape index (κ2) is 4.26. The van der Waals surface area contributed by atoms with Crippen molar-refractivity contribution in [2.75, 3.05) is 11.9 Å². The molecule has 1 amide bonds. The van der Waals surface area contributed by atoms with Gasteiger partial charge >= 0.3 is 0 Å². The average molecular weight is 256 g/mol. The molecule has 3 nitrogen and oxygen atoms in total. The van der Waals surface area contributed by atoms with Gasteiger partial charge in [-0.25, -0.2) is 0 Å². The van der Waals surface area contributed by atoms with Crippen LogP contribution in [0, 0.1) is 11.8 Å². The number of hydrogen-bond donors (Lipinski definition) is 2. The third kappa shape index (κ3) is 2.11. The van der Waals surface area contributed by atoms with Gasteiger partial charge in [-0.1, -0.05) is 18.2 Å². The number of carbonyl (C=O) groups excluding carboxylic acids is 1. The predicted octanol–water partition coefficient (Wildman–Crippen LogP) is 2.50. The van der Waals surface area contributed by atoms with Crippen LogP contribution in [0.25, 0.3) is 0 Å². The first-order chi connectivity index (χ1) is 9.33. The predicted molar refractivity (Wildman–Crippen MR) is 75.1 cm³/mol. The van der Waals surface area contributed by atoms with E-state index in [1.54, 1.807) is 0 Å². The maximum Gasteiger partial charge on any atom is 0.229 e. The van der Waals surface area contributed by atoms with Gasteiger partial charge in [0, 0.05) is 18.3 Å². The van der Waals surface area contributed by atoms with Crippen molar-refractivity contribution in [3.05, 3.63) is 29.8 Å². The van der Waals surface area contributed by atoms with E-state index in [9.17, 15) is 4.79 Å². The summed E-state index contributed by atoms with van der Waals surface area (Å²) in [4.78, 5) is 12.5. The molecule has 1 heterocycles. The standard InChI is InChI=1S/C16H20N2O/c19-16(18-15(10-5-6-10)11-7-8-11)13-9-17-14-4-2-1-3-12(13)14/h1-4,10-11,13,15,17H,5-9H2,(H,18,19). The quantitative estimate of drug-likeness (QED) is 0.869. The maximum atomic E-state index is 12.5. The number of nitrogens with one attached hydrogen (secondary N) is 2. The van der Waals surface area contributed by atoms with Crippen LogP contribution >= 0.6 is 0 Å². The number of carbonyl (C=O) groups is 1. The van der Waals surface area contributed by atoms with Crippen molar-refractivity contribution < 1.29 is 4.79 Å². The third-order valence-corrected chi connectivity index (χ3v) is 4.72. The van der Waals surface area contributed by atoms with Crippen LogP contribution < -0.4 is 10.6 Å². The van der Waals surface area contributed by atoms with Gasteiger partial charge in [-0.3, -0.25) is 4.79 Å². The van der Waals surface area contributed by atoms with E-state index in [1.165, 1.54) is 25.7 Å². The molecule has 100 valence electrons. The molecule has 1 aromatic carbocycles. The number of benzene rings is 1. The topological polar surface area (TPSA) is 41.1 Å². The monoisotopic (exact) mass is 256 g/mol. The summed E-state index contributed by atoms with van der Waals surface area (Å²) in [6.07, 6.45) is 5.23. The third-order valence-electron chi connectivity index (χ3n) is 4.72. The largest absolute Gasteiger partial charge is 0.384 e. The van der Waals surface area contributed by atoms with E-state index in [0.29, 0.717) is 6.04 Å². The zero-order valence-electron chi connectivity index (χ0n) is 11.1. The molecule has 1 unspecified atom stereocenters. The Balaban J connectivity index is 1.49. The minimum atomic E-state index is -0.00352. The van der Waals surface area contributed by atoms with Gasteiger partial charge in [0.05, 0.1) is 5.92 Å². The van der Waals surface area contributed by atoms with E-state index in [-0.39, 0.29) is 11.8 Å². The highest BCUT2D eigenvalue weighted by Gasteiger charge is 2.43. The highest BCUT2D eigenvalue weighted by atomic mass is 16.2. The molecule has 0 saturated heterocycles. The summed E-state index contributed by atoms with van der Waals surface area (Å²) < 4.78 is 0. The maximum absolute atomic E-state index is 12.5. The van der Waals surface area contributed by atoms with Crippen molar-refractivity contribution in [3.8, 4) is 0 Å². The summed E-state index contributed by atoms with van der Waals surface area (Å²) in [5.41, 5.74) is 2.28. The van der Waals surface area contributed by atoms with Crippen LogP contribution in [0.1, 0.15) is 37.2 Å². The Bertz CT molecular complexity index is 493. The van der Waals surface area contributed by atoms with Crippen LogP contribution in [0.3, 0.4) is 0 Å².